The van der Waals surface area contributed by atoms with Crippen molar-refractivity contribution < 1.29 is 5.11 Å². The van der Waals surface area contributed by atoms with Crippen LogP contribution in [-0.2, 0) is 7.05 Å². The summed E-state index contributed by atoms with van der Waals surface area (Å²) < 4.78 is 2.51. The largest absolute Gasteiger partial charge is 0.387 e. The first-order chi connectivity index (χ1) is 4.61. The minimum absolute atomic E-state index is 0.504. The summed E-state index contributed by atoms with van der Waals surface area (Å²) >= 11 is 3.27. The van der Waals surface area contributed by atoms with E-state index in [0.29, 0.717) is 5.69 Å². The van der Waals surface area contributed by atoms with Gasteiger partial charge in [-0.2, -0.15) is 5.10 Å². The van der Waals surface area contributed by atoms with Gasteiger partial charge in [-0.1, -0.05) is 0 Å². The van der Waals surface area contributed by atoms with Crippen LogP contribution in [0.4, 0.5) is 0 Å². The van der Waals surface area contributed by atoms with E-state index in [-0.39, 0.29) is 0 Å². The standard InChI is InChI=1S/C6H9BrN2O/c1-4(10)6-5(7)3-9(2)8-6/h3-4,10H,1-2H3/t4-/m0/s1. The van der Waals surface area contributed by atoms with Crippen molar-refractivity contribution >= 4 is 15.9 Å². The lowest BCUT2D eigenvalue weighted by Gasteiger charge is -1.97. The van der Waals surface area contributed by atoms with Crippen molar-refractivity contribution in [3.8, 4) is 0 Å². The quantitative estimate of drug-likeness (QED) is 0.748. The molecule has 0 aliphatic heterocycles. The van der Waals surface area contributed by atoms with Crippen LogP contribution in [0.2, 0.25) is 0 Å². The van der Waals surface area contributed by atoms with Gasteiger partial charge in [-0.25, -0.2) is 0 Å². The lowest BCUT2D eigenvalue weighted by molar-refractivity contribution is 0.192. The average Bonchev–Trinajstić information content (AvgIpc) is 2.10. The van der Waals surface area contributed by atoms with Crippen molar-refractivity contribution in [1.82, 2.24) is 9.78 Å². The molecule has 1 heterocycles. The van der Waals surface area contributed by atoms with Gasteiger partial charge in [0.25, 0.3) is 0 Å². The maximum absolute atomic E-state index is 9.11. The second-order valence-electron chi connectivity index (χ2n) is 2.21. The normalized spacial score (nSPS) is 13.6. The molecule has 0 spiro atoms. The maximum Gasteiger partial charge on any atom is 0.105 e. The van der Waals surface area contributed by atoms with Crippen LogP contribution in [0.1, 0.15) is 18.7 Å². The van der Waals surface area contributed by atoms with Crippen LogP contribution >= 0.6 is 15.9 Å². The van der Waals surface area contributed by atoms with E-state index in [1.54, 1.807) is 11.6 Å². The molecule has 4 heteroatoms. The monoisotopic (exact) mass is 204 g/mol. The summed E-state index contributed by atoms with van der Waals surface area (Å²) in [5.41, 5.74) is 0.683. The van der Waals surface area contributed by atoms with E-state index in [2.05, 4.69) is 21.0 Å². The van der Waals surface area contributed by atoms with Gasteiger partial charge in [-0.05, 0) is 22.9 Å². The molecule has 0 amide bonds. The Kier molecular flexibility index (Phi) is 2.11. The van der Waals surface area contributed by atoms with Crippen molar-refractivity contribution in [1.29, 1.82) is 0 Å². The number of aliphatic hydroxyl groups is 1. The summed E-state index contributed by atoms with van der Waals surface area (Å²) in [5, 5.41) is 13.1. The molecule has 10 heavy (non-hydrogen) atoms. The van der Waals surface area contributed by atoms with Crippen molar-refractivity contribution in [2.75, 3.05) is 0 Å². The molecule has 0 bridgehead atoms. The summed E-state index contributed by atoms with van der Waals surface area (Å²) in [6.07, 6.45) is 1.30. The van der Waals surface area contributed by atoms with Gasteiger partial charge in [0.15, 0.2) is 0 Å². The lowest BCUT2D eigenvalue weighted by atomic mass is 10.3. The van der Waals surface area contributed by atoms with E-state index in [0.717, 1.165) is 4.47 Å². The Balaban J connectivity index is 3.03. The van der Waals surface area contributed by atoms with Crippen LogP contribution in [-0.4, -0.2) is 14.9 Å². The summed E-state index contributed by atoms with van der Waals surface area (Å²) in [4.78, 5) is 0. The molecule has 0 aromatic carbocycles. The molecular weight excluding hydrogens is 196 g/mol. The number of rotatable bonds is 1. The predicted molar refractivity (Wildman–Crippen MR) is 41.5 cm³/mol. The zero-order valence-electron chi connectivity index (χ0n) is 5.87. The zero-order valence-corrected chi connectivity index (χ0v) is 7.46. The predicted octanol–water partition coefficient (Wildman–Crippen LogP) is 1.24. The van der Waals surface area contributed by atoms with Crippen LogP contribution in [0.25, 0.3) is 0 Å². The number of aryl methyl sites for hydroxylation is 1. The number of nitrogens with zero attached hydrogens (tertiary/aromatic N) is 2. The Hall–Kier alpha value is -0.350. The highest BCUT2D eigenvalue weighted by molar-refractivity contribution is 9.10. The van der Waals surface area contributed by atoms with Crippen molar-refractivity contribution in [2.24, 2.45) is 7.05 Å². The van der Waals surface area contributed by atoms with Gasteiger partial charge >= 0.3 is 0 Å². The van der Waals surface area contributed by atoms with E-state index in [9.17, 15) is 0 Å². The molecule has 1 N–H and O–H groups in total. The minimum atomic E-state index is -0.504. The Morgan fingerprint density at radius 3 is 2.60 bits per heavy atom. The molecule has 56 valence electrons. The van der Waals surface area contributed by atoms with Gasteiger partial charge in [0, 0.05) is 13.2 Å². The maximum atomic E-state index is 9.11. The molecule has 1 rings (SSSR count). The summed E-state index contributed by atoms with van der Waals surface area (Å²) in [6, 6.07) is 0. The van der Waals surface area contributed by atoms with E-state index in [4.69, 9.17) is 5.11 Å². The highest BCUT2D eigenvalue weighted by Gasteiger charge is 2.08. The van der Waals surface area contributed by atoms with Gasteiger partial charge in [0.05, 0.1) is 10.6 Å². The Labute approximate surface area is 67.8 Å². The molecule has 0 radical (unpaired) electrons. The van der Waals surface area contributed by atoms with Crippen molar-refractivity contribution in [3.63, 3.8) is 0 Å². The number of halogens is 1. The highest BCUT2D eigenvalue weighted by Crippen LogP contribution is 2.20. The highest BCUT2D eigenvalue weighted by atomic mass is 79.9. The molecule has 0 saturated carbocycles. The third kappa shape index (κ3) is 1.38. The van der Waals surface area contributed by atoms with E-state index in [1.807, 2.05) is 13.2 Å². The molecular formula is C6H9BrN2O. The molecule has 0 aliphatic rings. The summed E-state index contributed by atoms with van der Waals surface area (Å²) in [7, 11) is 1.82. The van der Waals surface area contributed by atoms with E-state index < -0.39 is 6.10 Å². The first-order valence-corrected chi connectivity index (χ1v) is 3.77. The summed E-state index contributed by atoms with van der Waals surface area (Å²) in [6.45, 7) is 1.69. The molecule has 3 nitrogen and oxygen atoms in total. The topological polar surface area (TPSA) is 38.1 Å². The van der Waals surface area contributed by atoms with Crippen molar-refractivity contribution in [3.05, 3.63) is 16.4 Å². The Morgan fingerprint density at radius 2 is 2.40 bits per heavy atom. The fourth-order valence-electron chi connectivity index (χ4n) is 0.760. The fourth-order valence-corrected chi connectivity index (χ4v) is 1.47. The fraction of sp³-hybridized carbons (Fsp3) is 0.500. The second-order valence-corrected chi connectivity index (χ2v) is 3.07. The van der Waals surface area contributed by atoms with E-state index in [1.165, 1.54) is 0 Å². The molecule has 1 aromatic rings. The smallest absolute Gasteiger partial charge is 0.105 e. The first kappa shape index (κ1) is 7.75. The third-order valence-corrected chi connectivity index (χ3v) is 1.82. The number of hydrogen-bond acceptors (Lipinski definition) is 2. The van der Waals surface area contributed by atoms with Crippen LogP contribution in [0.5, 0.6) is 0 Å². The molecule has 0 saturated heterocycles. The lowest BCUT2D eigenvalue weighted by Crippen LogP contribution is -1.95. The second kappa shape index (κ2) is 2.72. The van der Waals surface area contributed by atoms with Crippen LogP contribution in [0.15, 0.2) is 10.7 Å². The molecule has 0 aliphatic carbocycles. The molecule has 1 atom stereocenters. The molecule has 0 fully saturated rings. The number of aromatic nitrogens is 2. The van der Waals surface area contributed by atoms with E-state index >= 15 is 0 Å². The number of hydrogen-bond donors (Lipinski definition) is 1. The zero-order chi connectivity index (χ0) is 7.72. The minimum Gasteiger partial charge on any atom is -0.387 e. The SMILES string of the molecule is C[C@H](O)c1nn(C)cc1Br. The van der Waals surface area contributed by atoms with Gasteiger partial charge in [0.2, 0.25) is 0 Å². The Bertz CT molecular complexity index is 232. The van der Waals surface area contributed by atoms with Gasteiger partial charge < -0.3 is 5.11 Å². The summed E-state index contributed by atoms with van der Waals surface area (Å²) in [5.74, 6) is 0. The van der Waals surface area contributed by atoms with Crippen LogP contribution < -0.4 is 0 Å². The Morgan fingerprint density at radius 1 is 1.80 bits per heavy atom. The molecule has 0 unspecified atom stereocenters. The van der Waals surface area contributed by atoms with Gasteiger partial charge in [0.1, 0.15) is 5.69 Å². The van der Waals surface area contributed by atoms with Crippen molar-refractivity contribution in [2.45, 2.75) is 13.0 Å². The molecule has 1 aromatic heterocycles. The van der Waals surface area contributed by atoms with Crippen LogP contribution in [0, 0.1) is 0 Å². The third-order valence-electron chi connectivity index (χ3n) is 1.21. The van der Waals surface area contributed by atoms with Crippen LogP contribution in [0.3, 0.4) is 0 Å². The first-order valence-electron chi connectivity index (χ1n) is 2.98. The average molecular weight is 205 g/mol. The van der Waals surface area contributed by atoms with Gasteiger partial charge in [-0.3, -0.25) is 4.68 Å². The van der Waals surface area contributed by atoms with Gasteiger partial charge in [-0.15, -0.1) is 0 Å². The number of aliphatic hydroxyl groups excluding tert-OH is 1.